The maximum atomic E-state index is 13.4. The number of carbonyl (C=O) groups is 1. The number of hydrogen-bond acceptors (Lipinski definition) is 7. The minimum Gasteiger partial charge on any atom is -0.497 e. The molecule has 3 heterocycles. The molecule has 0 saturated carbocycles. The Labute approximate surface area is 223 Å². The summed E-state index contributed by atoms with van der Waals surface area (Å²) in [7, 11) is -2.30. The molecule has 1 amide bonds. The molecule has 0 bridgehead atoms. The van der Waals surface area contributed by atoms with Crippen molar-refractivity contribution in [2.75, 3.05) is 43.1 Å². The maximum Gasteiger partial charge on any atom is 0.471 e. The monoisotopic (exact) mass is 561 g/mol. The Morgan fingerprint density at radius 2 is 1.69 bits per heavy atom. The highest BCUT2D eigenvalue weighted by atomic mass is 32.2. The van der Waals surface area contributed by atoms with Crippen molar-refractivity contribution in [3.8, 4) is 17.0 Å². The summed E-state index contributed by atoms with van der Waals surface area (Å²) in [6.07, 6.45) is -3.41. The van der Waals surface area contributed by atoms with Crippen molar-refractivity contribution in [2.24, 2.45) is 0 Å². The van der Waals surface area contributed by atoms with Crippen LogP contribution in [0.3, 0.4) is 0 Å². The second-order valence-electron chi connectivity index (χ2n) is 9.40. The van der Waals surface area contributed by atoms with Gasteiger partial charge in [0.15, 0.2) is 0 Å². The summed E-state index contributed by atoms with van der Waals surface area (Å²) in [5.74, 6) is -0.551. The molecular formula is C26H26F3N5O4S. The number of carbonyl (C=O) groups excluding carboxylic acids is 1. The molecule has 1 atom stereocenters. The fourth-order valence-electron chi connectivity index (χ4n) is 4.96. The molecule has 2 aliphatic heterocycles. The summed E-state index contributed by atoms with van der Waals surface area (Å²) in [6.45, 7) is 2.71. The first kappa shape index (κ1) is 26.9. The van der Waals surface area contributed by atoms with Crippen molar-refractivity contribution < 1.29 is 31.1 Å². The number of sulfonamides is 1. The maximum absolute atomic E-state index is 13.4. The summed E-state index contributed by atoms with van der Waals surface area (Å²) in [6, 6.07) is 12.5. The second-order valence-corrected chi connectivity index (χ2v) is 11.3. The average molecular weight is 562 g/mol. The van der Waals surface area contributed by atoms with E-state index in [1.807, 2.05) is 35.2 Å². The highest BCUT2D eigenvalue weighted by molar-refractivity contribution is 7.89. The quantitative estimate of drug-likeness (QED) is 0.471. The van der Waals surface area contributed by atoms with E-state index in [2.05, 4.69) is 9.97 Å². The Kier molecular flexibility index (Phi) is 6.97. The number of benzene rings is 2. The molecular weight excluding hydrogens is 535 g/mol. The van der Waals surface area contributed by atoms with Gasteiger partial charge in [-0.2, -0.15) is 17.5 Å². The minimum atomic E-state index is -5.01. The van der Waals surface area contributed by atoms with Gasteiger partial charge in [0.25, 0.3) is 0 Å². The van der Waals surface area contributed by atoms with Crippen molar-refractivity contribution in [3.63, 3.8) is 0 Å². The van der Waals surface area contributed by atoms with E-state index in [0.29, 0.717) is 29.4 Å². The topological polar surface area (TPSA) is 95.9 Å². The van der Waals surface area contributed by atoms with E-state index in [1.54, 1.807) is 7.11 Å². The van der Waals surface area contributed by atoms with Gasteiger partial charge in [0.2, 0.25) is 10.0 Å². The molecule has 0 spiro atoms. The fraction of sp³-hybridized carbons (Fsp3) is 0.346. The van der Waals surface area contributed by atoms with Crippen molar-refractivity contribution in [3.05, 3.63) is 60.4 Å². The van der Waals surface area contributed by atoms with Crippen LogP contribution in [0, 0.1) is 0 Å². The first-order chi connectivity index (χ1) is 18.5. The fourth-order valence-corrected chi connectivity index (χ4v) is 6.43. The first-order valence-corrected chi connectivity index (χ1v) is 13.7. The van der Waals surface area contributed by atoms with Crippen molar-refractivity contribution in [1.82, 2.24) is 14.3 Å². The normalized spacial score (nSPS) is 18.2. The summed E-state index contributed by atoms with van der Waals surface area (Å²) in [5.41, 5.74) is 2.10. The SMILES string of the molecule is COc1ccc(-c2cc(N3CCN(S(=O)(=O)c4ccc5c(c4)CC(C)N5C(=O)C(F)(F)F)CC3)ncn2)cc1. The molecule has 1 unspecified atom stereocenters. The van der Waals surface area contributed by atoms with Crippen LogP contribution in [-0.4, -0.2) is 74.1 Å². The van der Waals surface area contributed by atoms with E-state index in [0.717, 1.165) is 17.0 Å². The van der Waals surface area contributed by atoms with Crippen LogP contribution in [0.25, 0.3) is 11.3 Å². The van der Waals surface area contributed by atoms with E-state index >= 15 is 0 Å². The van der Waals surface area contributed by atoms with E-state index in [4.69, 9.17) is 4.74 Å². The van der Waals surface area contributed by atoms with E-state index in [9.17, 15) is 26.4 Å². The lowest BCUT2D eigenvalue weighted by Gasteiger charge is -2.34. The third kappa shape index (κ3) is 5.15. The molecule has 3 aromatic rings. The molecule has 206 valence electrons. The zero-order valence-electron chi connectivity index (χ0n) is 21.2. The predicted octanol–water partition coefficient (Wildman–Crippen LogP) is 3.50. The third-order valence-corrected chi connectivity index (χ3v) is 8.86. The number of anilines is 2. The molecule has 39 heavy (non-hydrogen) atoms. The lowest BCUT2D eigenvalue weighted by molar-refractivity contribution is -0.170. The number of alkyl halides is 3. The molecule has 9 nitrogen and oxygen atoms in total. The Morgan fingerprint density at radius 1 is 1.00 bits per heavy atom. The summed E-state index contributed by atoms with van der Waals surface area (Å²) < 4.78 is 72.5. The van der Waals surface area contributed by atoms with Crippen LogP contribution in [-0.2, 0) is 21.2 Å². The minimum absolute atomic E-state index is 0.00737. The van der Waals surface area contributed by atoms with Crippen LogP contribution in [0.1, 0.15) is 12.5 Å². The molecule has 1 saturated heterocycles. The molecule has 1 aromatic heterocycles. The molecule has 13 heteroatoms. The summed E-state index contributed by atoms with van der Waals surface area (Å²) in [4.78, 5) is 23.3. The number of fused-ring (bicyclic) bond motifs is 1. The van der Waals surface area contributed by atoms with Crippen LogP contribution in [0.2, 0.25) is 0 Å². The van der Waals surface area contributed by atoms with Crippen LogP contribution in [0.15, 0.2) is 59.8 Å². The number of amides is 1. The molecule has 1 fully saturated rings. The standard InChI is InChI=1S/C26H26F3N5O4S/c1-17-13-19-14-21(7-8-23(19)34(17)25(35)26(27,28)29)39(36,37)33-11-9-32(10-12-33)24-15-22(30-16-31-24)18-3-5-20(38-2)6-4-18/h3-8,14-17H,9-13H2,1-2H3. The summed E-state index contributed by atoms with van der Waals surface area (Å²) in [5, 5.41) is 0. The van der Waals surface area contributed by atoms with Gasteiger partial charge in [-0.3, -0.25) is 4.79 Å². The third-order valence-electron chi connectivity index (χ3n) is 6.97. The largest absolute Gasteiger partial charge is 0.497 e. The lowest BCUT2D eigenvalue weighted by Crippen LogP contribution is -2.49. The predicted molar refractivity (Wildman–Crippen MR) is 138 cm³/mol. The van der Waals surface area contributed by atoms with Gasteiger partial charge >= 0.3 is 12.1 Å². The Hall–Kier alpha value is -3.71. The Balaban J connectivity index is 1.29. The van der Waals surface area contributed by atoms with Gasteiger partial charge in [0.1, 0.15) is 17.9 Å². The Morgan fingerprint density at radius 3 is 2.33 bits per heavy atom. The number of piperazine rings is 1. The van der Waals surface area contributed by atoms with Crippen molar-refractivity contribution >= 4 is 27.4 Å². The lowest BCUT2D eigenvalue weighted by atomic mass is 10.1. The van der Waals surface area contributed by atoms with E-state index in [1.165, 1.54) is 35.8 Å². The van der Waals surface area contributed by atoms with Crippen LogP contribution in [0.5, 0.6) is 5.75 Å². The number of hydrogen-bond donors (Lipinski definition) is 0. The highest BCUT2D eigenvalue weighted by Crippen LogP contribution is 2.37. The highest BCUT2D eigenvalue weighted by Gasteiger charge is 2.47. The van der Waals surface area contributed by atoms with Gasteiger partial charge in [-0.15, -0.1) is 0 Å². The number of nitrogens with zero attached hydrogens (tertiary/aromatic N) is 5. The van der Waals surface area contributed by atoms with Crippen molar-refractivity contribution in [2.45, 2.75) is 30.5 Å². The number of halogens is 3. The van der Waals surface area contributed by atoms with Gasteiger partial charge < -0.3 is 14.5 Å². The van der Waals surface area contributed by atoms with Crippen molar-refractivity contribution in [1.29, 1.82) is 0 Å². The zero-order valence-corrected chi connectivity index (χ0v) is 22.0. The van der Waals surface area contributed by atoms with Gasteiger partial charge in [0, 0.05) is 49.5 Å². The average Bonchev–Trinajstić information content (AvgIpc) is 3.27. The number of methoxy groups -OCH3 is 1. The first-order valence-electron chi connectivity index (χ1n) is 12.2. The van der Waals surface area contributed by atoms with Gasteiger partial charge in [-0.1, -0.05) is 0 Å². The van der Waals surface area contributed by atoms with Gasteiger partial charge in [-0.05, 0) is 61.4 Å². The molecule has 2 aromatic carbocycles. The van der Waals surface area contributed by atoms with Gasteiger partial charge in [0.05, 0.1) is 17.7 Å². The van der Waals surface area contributed by atoms with E-state index < -0.39 is 28.1 Å². The molecule has 2 aliphatic rings. The summed E-state index contributed by atoms with van der Waals surface area (Å²) >= 11 is 0. The Bertz CT molecular complexity index is 1490. The van der Waals surface area contributed by atoms with Gasteiger partial charge in [-0.25, -0.2) is 18.4 Å². The second kappa shape index (κ2) is 10.1. The molecule has 0 radical (unpaired) electrons. The van der Waals surface area contributed by atoms with Crippen LogP contribution >= 0.6 is 0 Å². The number of aromatic nitrogens is 2. The van der Waals surface area contributed by atoms with E-state index in [-0.39, 0.29) is 30.1 Å². The number of ether oxygens (including phenoxy) is 1. The smallest absolute Gasteiger partial charge is 0.471 e. The number of rotatable bonds is 5. The molecule has 0 N–H and O–H groups in total. The molecule has 5 rings (SSSR count). The van der Waals surface area contributed by atoms with Crippen LogP contribution < -0.4 is 14.5 Å². The molecule has 0 aliphatic carbocycles. The van der Waals surface area contributed by atoms with Crippen LogP contribution in [0.4, 0.5) is 24.7 Å². The zero-order chi connectivity index (χ0) is 27.9.